The zero-order chi connectivity index (χ0) is 25.0. The van der Waals surface area contributed by atoms with Gasteiger partial charge in [-0.25, -0.2) is 0 Å². The molecule has 8 heteroatoms. The lowest BCUT2D eigenvalue weighted by Gasteiger charge is -2.14. The molecule has 0 radical (unpaired) electrons. The molecule has 0 unspecified atom stereocenters. The Kier molecular flexibility index (Phi) is 10.9. The summed E-state index contributed by atoms with van der Waals surface area (Å²) in [5.41, 5.74) is 1.84. The van der Waals surface area contributed by atoms with Crippen LogP contribution in [0.15, 0.2) is 53.7 Å². The zero-order valence-corrected chi connectivity index (χ0v) is 20.1. The van der Waals surface area contributed by atoms with E-state index in [1.54, 1.807) is 12.1 Å². The van der Waals surface area contributed by atoms with Crippen LogP contribution in [0.2, 0.25) is 0 Å². The number of benzene rings is 2. The van der Waals surface area contributed by atoms with E-state index in [4.69, 9.17) is 14.2 Å². The number of allylic oxidation sites excluding steroid dienone is 1. The summed E-state index contributed by atoms with van der Waals surface area (Å²) in [5, 5.41) is 3.10. The van der Waals surface area contributed by atoms with Crippen LogP contribution in [-0.4, -0.2) is 45.4 Å². The molecular formula is C26H32F3NO4. The van der Waals surface area contributed by atoms with E-state index >= 15 is 0 Å². The lowest BCUT2D eigenvalue weighted by atomic mass is 10.0. The maximum atomic E-state index is 13.0. The van der Waals surface area contributed by atoms with E-state index in [1.165, 1.54) is 12.1 Å². The van der Waals surface area contributed by atoms with Gasteiger partial charge in [-0.2, -0.15) is 13.2 Å². The van der Waals surface area contributed by atoms with Gasteiger partial charge in [0.15, 0.2) is 5.71 Å². The van der Waals surface area contributed by atoms with Gasteiger partial charge in [-0.3, -0.25) is 0 Å². The average molecular weight is 480 g/mol. The predicted octanol–water partition coefficient (Wildman–Crippen LogP) is 6.20. The molecule has 0 saturated carbocycles. The van der Waals surface area contributed by atoms with Crippen molar-refractivity contribution in [2.75, 3.05) is 33.5 Å². The molecule has 186 valence electrons. The van der Waals surface area contributed by atoms with Crippen LogP contribution in [0.3, 0.4) is 0 Å². The smallest absolute Gasteiger partial charge is 0.437 e. The third-order valence-corrected chi connectivity index (χ3v) is 4.92. The maximum Gasteiger partial charge on any atom is 0.437 e. The van der Waals surface area contributed by atoms with Crippen molar-refractivity contribution in [3.05, 3.63) is 70.8 Å². The van der Waals surface area contributed by atoms with E-state index in [-0.39, 0.29) is 5.56 Å². The standard InChI is InChI=1S/C26H32F3NO4/c1-5-6-14-33-23-17-19(2)24(20(3)18-23)34-16-15-32-13-7-8-21-9-11-22(12-10-21)25(30-31-4)26(27,28)29/h5-6,9-12,17-18H,7-8,13-16H2,1-4H3/b6-5+,30-25?. The molecule has 5 nitrogen and oxygen atoms in total. The number of halogens is 3. The molecule has 0 fully saturated rings. The number of alkyl halides is 3. The first-order valence-electron chi connectivity index (χ1n) is 11.1. The molecule has 0 saturated heterocycles. The summed E-state index contributed by atoms with van der Waals surface area (Å²) in [6.07, 6.45) is 0.750. The minimum Gasteiger partial charge on any atom is -0.491 e. The van der Waals surface area contributed by atoms with Gasteiger partial charge >= 0.3 is 6.18 Å². The van der Waals surface area contributed by atoms with Gasteiger partial charge in [0.1, 0.15) is 31.8 Å². The van der Waals surface area contributed by atoms with E-state index in [0.717, 1.165) is 41.7 Å². The van der Waals surface area contributed by atoms with E-state index in [1.807, 2.05) is 45.1 Å². The summed E-state index contributed by atoms with van der Waals surface area (Å²) < 4.78 is 56.3. The molecule has 0 bridgehead atoms. The number of hydrogen-bond donors (Lipinski definition) is 0. The third-order valence-electron chi connectivity index (χ3n) is 4.92. The third kappa shape index (κ3) is 8.74. The Morgan fingerprint density at radius 3 is 2.24 bits per heavy atom. The Labute approximate surface area is 199 Å². The molecule has 0 aliphatic heterocycles. The fraction of sp³-hybridized carbons (Fsp3) is 0.423. The van der Waals surface area contributed by atoms with E-state index in [9.17, 15) is 13.2 Å². The Hall–Kier alpha value is -3.00. The van der Waals surface area contributed by atoms with Crippen molar-refractivity contribution in [3.8, 4) is 11.5 Å². The normalized spacial score (nSPS) is 12.3. The van der Waals surface area contributed by atoms with E-state index in [0.29, 0.717) is 32.8 Å². The molecule has 0 aliphatic carbocycles. The largest absolute Gasteiger partial charge is 0.491 e. The summed E-state index contributed by atoms with van der Waals surface area (Å²) in [6.45, 7) is 7.84. The number of hydrogen-bond acceptors (Lipinski definition) is 5. The van der Waals surface area contributed by atoms with Gasteiger partial charge in [-0.05, 0) is 62.4 Å². The van der Waals surface area contributed by atoms with Crippen molar-refractivity contribution in [2.45, 2.75) is 39.8 Å². The molecule has 2 aromatic carbocycles. The summed E-state index contributed by atoms with van der Waals surface area (Å²) in [4.78, 5) is 4.32. The highest BCUT2D eigenvalue weighted by molar-refractivity contribution is 6.04. The topological polar surface area (TPSA) is 49.3 Å². The lowest BCUT2D eigenvalue weighted by Crippen LogP contribution is -2.24. The minimum atomic E-state index is -4.58. The van der Waals surface area contributed by atoms with Crippen LogP contribution in [0.4, 0.5) is 13.2 Å². The van der Waals surface area contributed by atoms with Crippen LogP contribution in [0, 0.1) is 13.8 Å². The first-order chi connectivity index (χ1) is 16.3. The number of nitrogens with zero attached hydrogens (tertiary/aromatic N) is 1. The van der Waals surface area contributed by atoms with E-state index in [2.05, 4.69) is 9.99 Å². The van der Waals surface area contributed by atoms with Gasteiger partial charge < -0.3 is 19.0 Å². The Balaban J connectivity index is 1.72. The first-order valence-corrected chi connectivity index (χ1v) is 11.1. The van der Waals surface area contributed by atoms with Gasteiger partial charge in [0, 0.05) is 12.2 Å². The second kappa shape index (κ2) is 13.6. The first kappa shape index (κ1) is 27.2. The van der Waals surface area contributed by atoms with Gasteiger partial charge in [0.05, 0.1) is 6.61 Å². The molecule has 0 aromatic heterocycles. The van der Waals surface area contributed by atoms with Crippen molar-refractivity contribution in [1.29, 1.82) is 0 Å². The summed E-state index contributed by atoms with van der Waals surface area (Å²) in [5.74, 6) is 1.64. The SMILES string of the molecule is C/C=C/COc1cc(C)c(OCCOCCCc2ccc(C(=NOC)C(F)(F)F)cc2)c(C)c1. The van der Waals surface area contributed by atoms with Crippen molar-refractivity contribution < 1.29 is 32.2 Å². The summed E-state index contributed by atoms with van der Waals surface area (Å²) in [7, 11) is 1.09. The molecule has 2 aromatic rings. The molecule has 0 spiro atoms. The van der Waals surface area contributed by atoms with Crippen LogP contribution in [0.1, 0.15) is 35.6 Å². The number of rotatable bonds is 13. The second-order valence-electron chi connectivity index (χ2n) is 7.65. The van der Waals surface area contributed by atoms with Crippen LogP contribution >= 0.6 is 0 Å². The molecule has 34 heavy (non-hydrogen) atoms. The predicted molar refractivity (Wildman–Crippen MR) is 127 cm³/mol. The average Bonchev–Trinajstić information content (AvgIpc) is 2.78. The molecule has 0 aliphatic rings. The molecule has 0 heterocycles. The van der Waals surface area contributed by atoms with Crippen molar-refractivity contribution in [2.24, 2.45) is 5.16 Å². The Morgan fingerprint density at radius 1 is 0.971 bits per heavy atom. The molecule has 0 amide bonds. The van der Waals surface area contributed by atoms with Crippen molar-refractivity contribution in [3.63, 3.8) is 0 Å². The van der Waals surface area contributed by atoms with Gasteiger partial charge in [-0.1, -0.05) is 41.6 Å². The number of oxime groups is 1. The zero-order valence-electron chi connectivity index (χ0n) is 20.1. The van der Waals surface area contributed by atoms with Gasteiger partial charge in [0.2, 0.25) is 0 Å². The molecule has 0 N–H and O–H groups in total. The van der Waals surface area contributed by atoms with Crippen molar-refractivity contribution in [1.82, 2.24) is 0 Å². The monoisotopic (exact) mass is 479 g/mol. The Bertz CT molecular complexity index is 931. The molecule has 2 rings (SSSR count). The summed E-state index contributed by atoms with van der Waals surface area (Å²) >= 11 is 0. The molecule has 0 atom stereocenters. The van der Waals surface area contributed by atoms with Crippen LogP contribution in [0.5, 0.6) is 11.5 Å². The lowest BCUT2D eigenvalue weighted by molar-refractivity contribution is -0.0608. The highest BCUT2D eigenvalue weighted by atomic mass is 19.4. The fourth-order valence-electron chi connectivity index (χ4n) is 3.33. The van der Waals surface area contributed by atoms with Crippen LogP contribution in [0.25, 0.3) is 0 Å². The van der Waals surface area contributed by atoms with Crippen LogP contribution in [-0.2, 0) is 16.0 Å². The van der Waals surface area contributed by atoms with Gasteiger partial charge in [0.25, 0.3) is 0 Å². The Morgan fingerprint density at radius 2 is 1.65 bits per heavy atom. The van der Waals surface area contributed by atoms with E-state index < -0.39 is 11.9 Å². The van der Waals surface area contributed by atoms with Gasteiger partial charge in [-0.15, -0.1) is 0 Å². The highest BCUT2D eigenvalue weighted by Gasteiger charge is 2.37. The van der Waals surface area contributed by atoms with Crippen LogP contribution < -0.4 is 9.47 Å². The minimum absolute atomic E-state index is 0.0329. The molecular weight excluding hydrogens is 447 g/mol. The quantitative estimate of drug-likeness (QED) is 0.149. The summed E-state index contributed by atoms with van der Waals surface area (Å²) in [6, 6.07) is 10.0. The number of aryl methyl sites for hydroxylation is 3. The number of ether oxygens (including phenoxy) is 3. The fourth-order valence-corrected chi connectivity index (χ4v) is 3.33. The van der Waals surface area contributed by atoms with Crippen molar-refractivity contribution >= 4 is 5.71 Å². The second-order valence-corrected chi connectivity index (χ2v) is 7.65. The maximum absolute atomic E-state index is 13.0. The highest BCUT2D eigenvalue weighted by Crippen LogP contribution is 2.28.